The number of benzene rings is 4. The first-order chi connectivity index (χ1) is 18.1. The van der Waals surface area contributed by atoms with E-state index < -0.39 is 0 Å². The molecule has 0 radical (unpaired) electrons. The molecule has 37 heavy (non-hydrogen) atoms. The van der Waals surface area contributed by atoms with E-state index in [4.69, 9.17) is 0 Å². The second-order valence-corrected chi connectivity index (χ2v) is 9.36. The van der Waals surface area contributed by atoms with Crippen LogP contribution in [0.3, 0.4) is 0 Å². The summed E-state index contributed by atoms with van der Waals surface area (Å²) in [4.78, 5) is 13.3. The summed E-state index contributed by atoms with van der Waals surface area (Å²) in [5, 5.41) is 22.8. The average molecular weight is 489 g/mol. The maximum absolute atomic E-state index is 13.3. The van der Waals surface area contributed by atoms with E-state index >= 15 is 0 Å². The van der Waals surface area contributed by atoms with Crippen molar-refractivity contribution in [1.82, 2.24) is 5.32 Å². The van der Waals surface area contributed by atoms with Gasteiger partial charge >= 0.3 is 0 Å². The lowest BCUT2D eigenvalue weighted by Gasteiger charge is -2.27. The first kappa shape index (κ1) is 25.9. The Morgan fingerprint density at radius 2 is 1.51 bits per heavy atom. The molecule has 0 aromatic heterocycles. The third-order valence-corrected chi connectivity index (χ3v) is 6.79. The molecule has 0 fully saturated rings. The van der Waals surface area contributed by atoms with E-state index in [1.54, 1.807) is 6.07 Å². The molecule has 0 aliphatic heterocycles. The molecule has 0 heterocycles. The van der Waals surface area contributed by atoms with Gasteiger partial charge in [0.25, 0.3) is 5.91 Å². The molecule has 0 aliphatic carbocycles. The fourth-order valence-electron chi connectivity index (χ4n) is 4.64. The van der Waals surface area contributed by atoms with Crippen molar-refractivity contribution < 1.29 is 9.90 Å². The number of aliphatic hydroxyl groups excluding tert-OH is 1. The van der Waals surface area contributed by atoms with Gasteiger partial charge in [-0.05, 0) is 71.3 Å². The van der Waals surface area contributed by atoms with Crippen molar-refractivity contribution in [2.45, 2.75) is 32.2 Å². The Morgan fingerprint density at radius 1 is 0.811 bits per heavy atom. The lowest BCUT2D eigenvalue weighted by atomic mass is 9.88. The molecule has 0 spiro atoms. The highest BCUT2D eigenvalue weighted by Crippen LogP contribution is 2.22. The van der Waals surface area contributed by atoms with Gasteiger partial charge in [-0.25, -0.2) is 0 Å². The first-order valence-electron chi connectivity index (χ1n) is 12.7. The van der Waals surface area contributed by atoms with Gasteiger partial charge in [-0.15, -0.1) is 0 Å². The molecule has 4 aromatic carbocycles. The van der Waals surface area contributed by atoms with Crippen LogP contribution in [0.4, 0.5) is 0 Å². The van der Waals surface area contributed by atoms with Crippen LogP contribution in [0.25, 0.3) is 11.1 Å². The Labute approximate surface area is 219 Å². The number of carbonyl (C=O) groups excluding carboxylic acids is 1. The van der Waals surface area contributed by atoms with Crippen LogP contribution in [0.2, 0.25) is 0 Å². The van der Waals surface area contributed by atoms with E-state index in [1.807, 2.05) is 72.8 Å². The van der Waals surface area contributed by atoms with Gasteiger partial charge in [0.05, 0.1) is 11.6 Å². The minimum absolute atomic E-state index is 0.0821. The van der Waals surface area contributed by atoms with Crippen LogP contribution in [0.1, 0.15) is 39.5 Å². The number of nitrogens with zero attached hydrogens (tertiary/aromatic N) is 1. The third-order valence-electron chi connectivity index (χ3n) is 6.79. The summed E-state index contributed by atoms with van der Waals surface area (Å²) in [5.74, 6) is -0.381. The van der Waals surface area contributed by atoms with Crippen molar-refractivity contribution in [1.29, 1.82) is 5.26 Å². The lowest BCUT2D eigenvalue weighted by molar-refractivity contribution is 0.0903. The molecule has 4 rings (SSSR count). The number of hydrogen-bond donors (Lipinski definition) is 2. The highest BCUT2D eigenvalue weighted by molar-refractivity contribution is 5.95. The maximum atomic E-state index is 13.3. The number of carbonyl (C=O) groups is 1. The minimum Gasteiger partial charge on any atom is -0.396 e. The molecule has 4 heteroatoms. The van der Waals surface area contributed by atoms with Crippen molar-refractivity contribution in [2.24, 2.45) is 5.92 Å². The van der Waals surface area contributed by atoms with Gasteiger partial charge in [0.1, 0.15) is 0 Å². The second kappa shape index (κ2) is 12.7. The van der Waals surface area contributed by atoms with Gasteiger partial charge < -0.3 is 10.4 Å². The maximum Gasteiger partial charge on any atom is 0.251 e. The van der Waals surface area contributed by atoms with Crippen molar-refractivity contribution in [3.8, 4) is 17.2 Å². The van der Waals surface area contributed by atoms with Gasteiger partial charge in [-0.3, -0.25) is 4.79 Å². The van der Waals surface area contributed by atoms with Crippen LogP contribution in [0, 0.1) is 17.2 Å². The van der Waals surface area contributed by atoms with Gasteiger partial charge in [0.15, 0.2) is 0 Å². The minimum atomic E-state index is -0.286. The van der Waals surface area contributed by atoms with E-state index in [-0.39, 0.29) is 24.5 Å². The van der Waals surface area contributed by atoms with E-state index in [1.165, 1.54) is 5.56 Å². The van der Waals surface area contributed by atoms with E-state index in [0.717, 1.165) is 28.7 Å². The molecular weight excluding hydrogens is 456 g/mol. The fourth-order valence-corrected chi connectivity index (χ4v) is 4.64. The molecular formula is C33H32N2O2. The molecule has 4 nitrogen and oxygen atoms in total. The number of nitrogens with one attached hydrogen (secondary N) is 1. The number of aliphatic hydroxyl groups is 1. The van der Waals surface area contributed by atoms with Crippen LogP contribution < -0.4 is 5.32 Å². The number of nitriles is 1. The molecule has 0 bridgehead atoms. The van der Waals surface area contributed by atoms with Crippen LogP contribution in [-0.4, -0.2) is 23.7 Å². The zero-order valence-electron chi connectivity index (χ0n) is 21.1. The highest BCUT2D eigenvalue weighted by Gasteiger charge is 2.24. The number of aryl methyl sites for hydroxylation is 1. The van der Waals surface area contributed by atoms with Crippen molar-refractivity contribution >= 4 is 5.91 Å². The summed E-state index contributed by atoms with van der Waals surface area (Å²) in [6.07, 6.45) is 2.12. The Bertz CT molecular complexity index is 1360. The Morgan fingerprint density at radius 3 is 2.22 bits per heavy atom. The second-order valence-electron chi connectivity index (χ2n) is 9.36. The number of rotatable bonds is 10. The largest absolute Gasteiger partial charge is 0.396 e. The summed E-state index contributed by atoms with van der Waals surface area (Å²) in [6.45, 7) is 2.06. The van der Waals surface area contributed by atoms with Crippen molar-refractivity contribution in [2.75, 3.05) is 6.61 Å². The summed E-state index contributed by atoms with van der Waals surface area (Å²) in [6, 6.07) is 35.4. The molecule has 2 N–H and O–H groups in total. The molecule has 0 saturated carbocycles. The van der Waals surface area contributed by atoms with E-state index in [2.05, 4.69) is 42.6 Å². The summed E-state index contributed by atoms with van der Waals surface area (Å²) in [5.41, 5.74) is 6.69. The standard InChI is InChI=1S/C33H32N2O2/c1-2-24-10-7-13-30(19-24)28-14-16-29(17-15-28)33(37)35-32(21-25-8-4-3-5-9-25)31(23-36)20-26-11-6-12-27(18-26)22-34/h3-19,31-32,36H,2,20-21,23H2,1H3,(H,35,37). The van der Waals surface area contributed by atoms with Crippen molar-refractivity contribution in [3.63, 3.8) is 0 Å². The molecule has 0 saturated heterocycles. The lowest BCUT2D eigenvalue weighted by Crippen LogP contribution is -2.44. The Kier molecular flexibility index (Phi) is 8.86. The highest BCUT2D eigenvalue weighted by atomic mass is 16.3. The van der Waals surface area contributed by atoms with Crippen LogP contribution in [-0.2, 0) is 19.3 Å². The van der Waals surface area contributed by atoms with Crippen molar-refractivity contribution in [3.05, 3.63) is 131 Å². The third kappa shape index (κ3) is 6.94. The fraction of sp³-hybridized carbons (Fsp3) is 0.212. The smallest absolute Gasteiger partial charge is 0.251 e. The topological polar surface area (TPSA) is 73.1 Å². The molecule has 2 atom stereocenters. The SMILES string of the molecule is CCc1cccc(-c2ccc(C(=O)NC(Cc3ccccc3)C(CO)Cc3cccc(C#N)c3)cc2)c1. The Hall–Kier alpha value is -4.20. The van der Waals surface area contributed by atoms with Gasteiger partial charge in [0.2, 0.25) is 0 Å². The Balaban J connectivity index is 1.54. The molecule has 0 aliphatic rings. The van der Waals surface area contributed by atoms with E-state index in [9.17, 15) is 15.2 Å². The van der Waals surface area contributed by atoms with Gasteiger partial charge in [-0.1, -0.05) is 85.8 Å². The molecule has 186 valence electrons. The summed E-state index contributed by atoms with van der Waals surface area (Å²) in [7, 11) is 0. The predicted molar refractivity (Wildman–Crippen MR) is 148 cm³/mol. The zero-order valence-corrected chi connectivity index (χ0v) is 21.1. The molecule has 1 amide bonds. The predicted octanol–water partition coefficient (Wildman–Crippen LogP) is 5.98. The van der Waals surface area contributed by atoms with Crippen LogP contribution >= 0.6 is 0 Å². The zero-order chi connectivity index (χ0) is 26.0. The molecule has 4 aromatic rings. The average Bonchev–Trinajstić information content (AvgIpc) is 2.96. The van der Waals surface area contributed by atoms with E-state index in [0.29, 0.717) is 24.0 Å². The van der Waals surface area contributed by atoms with Crippen LogP contribution in [0.5, 0.6) is 0 Å². The number of hydrogen-bond acceptors (Lipinski definition) is 3. The first-order valence-corrected chi connectivity index (χ1v) is 12.7. The van der Waals surface area contributed by atoms with Crippen LogP contribution in [0.15, 0.2) is 103 Å². The quantitative estimate of drug-likeness (QED) is 0.288. The molecule has 2 unspecified atom stereocenters. The van der Waals surface area contributed by atoms with Gasteiger partial charge in [0, 0.05) is 24.1 Å². The summed E-state index contributed by atoms with van der Waals surface area (Å²) < 4.78 is 0. The monoisotopic (exact) mass is 488 g/mol. The normalized spacial score (nSPS) is 12.4. The summed E-state index contributed by atoms with van der Waals surface area (Å²) >= 11 is 0. The van der Waals surface area contributed by atoms with Gasteiger partial charge in [-0.2, -0.15) is 5.26 Å². The number of amides is 1.